The molecule has 11 heavy (non-hydrogen) atoms. The van der Waals surface area contributed by atoms with E-state index in [4.69, 9.17) is 11.6 Å². The van der Waals surface area contributed by atoms with E-state index >= 15 is 0 Å². The van der Waals surface area contributed by atoms with Crippen LogP contribution >= 0.6 is 11.6 Å². The molecule has 1 heterocycles. The largest absolute Gasteiger partial charge is 0.276 e. The Hall–Kier alpha value is -0.890. The maximum Gasteiger partial charge on any atom is 0.254 e. The summed E-state index contributed by atoms with van der Waals surface area (Å²) in [6.45, 7) is 3.71. The van der Waals surface area contributed by atoms with Crippen LogP contribution in [0.25, 0.3) is 0 Å². The van der Waals surface area contributed by atoms with E-state index in [1.54, 1.807) is 0 Å². The van der Waals surface area contributed by atoms with Gasteiger partial charge in [0, 0.05) is 11.9 Å². The first kappa shape index (κ1) is 8.21. The summed E-state index contributed by atoms with van der Waals surface area (Å²) in [6, 6.07) is 1.83. The van der Waals surface area contributed by atoms with Crippen molar-refractivity contribution in [3.8, 4) is 0 Å². The summed E-state index contributed by atoms with van der Waals surface area (Å²) in [6.07, 6.45) is 1.50. The van der Waals surface area contributed by atoms with Crippen LogP contribution in [0.5, 0.6) is 0 Å². The first-order valence-electron chi connectivity index (χ1n) is 3.24. The van der Waals surface area contributed by atoms with Crippen molar-refractivity contribution < 1.29 is 4.79 Å². The quantitative estimate of drug-likeness (QED) is 0.603. The first-order chi connectivity index (χ1) is 5.11. The second kappa shape index (κ2) is 3.01. The van der Waals surface area contributed by atoms with Gasteiger partial charge in [0.25, 0.3) is 5.24 Å². The molecule has 0 saturated carbocycles. The van der Waals surface area contributed by atoms with Crippen molar-refractivity contribution in [3.05, 3.63) is 29.1 Å². The van der Waals surface area contributed by atoms with Crippen LogP contribution < -0.4 is 0 Å². The highest BCUT2D eigenvalue weighted by Crippen LogP contribution is 2.09. The van der Waals surface area contributed by atoms with Gasteiger partial charge < -0.3 is 0 Å². The third-order valence-corrected chi connectivity index (χ3v) is 1.66. The molecule has 1 aromatic heterocycles. The Morgan fingerprint density at radius 2 is 2.18 bits per heavy atom. The molecule has 0 atom stereocenters. The van der Waals surface area contributed by atoms with Gasteiger partial charge >= 0.3 is 0 Å². The van der Waals surface area contributed by atoms with Crippen LogP contribution in [0, 0.1) is 13.8 Å². The molecule has 58 valence electrons. The van der Waals surface area contributed by atoms with Gasteiger partial charge in [-0.3, -0.25) is 9.78 Å². The molecular formula is C8H8ClNO. The van der Waals surface area contributed by atoms with Crippen molar-refractivity contribution in [1.29, 1.82) is 0 Å². The van der Waals surface area contributed by atoms with Crippen LogP contribution in [0.1, 0.15) is 21.6 Å². The van der Waals surface area contributed by atoms with Gasteiger partial charge in [0.1, 0.15) is 0 Å². The molecule has 0 aromatic carbocycles. The smallest absolute Gasteiger partial charge is 0.254 e. The Labute approximate surface area is 70.2 Å². The van der Waals surface area contributed by atoms with Crippen LogP contribution in [-0.4, -0.2) is 10.2 Å². The normalized spacial score (nSPS) is 9.73. The number of aryl methyl sites for hydroxylation is 2. The zero-order valence-electron chi connectivity index (χ0n) is 6.39. The van der Waals surface area contributed by atoms with Crippen LogP contribution in [0.3, 0.4) is 0 Å². The molecule has 1 aromatic rings. The highest BCUT2D eigenvalue weighted by molar-refractivity contribution is 6.67. The predicted octanol–water partition coefficient (Wildman–Crippen LogP) is 2.08. The molecule has 0 fully saturated rings. The van der Waals surface area contributed by atoms with Gasteiger partial charge in [-0.1, -0.05) is 0 Å². The Bertz CT molecular complexity index is 296. The average molecular weight is 170 g/mol. The number of rotatable bonds is 1. The van der Waals surface area contributed by atoms with Crippen LogP contribution in [-0.2, 0) is 0 Å². The maximum absolute atomic E-state index is 10.7. The number of hydrogen-bond donors (Lipinski definition) is 0. The Balaban J connectivity index is 3.20. The van der Waals surface area contributed by atoms with Crippen LogP contribution in [0.15, 0.2) is 12.3 Å². The van der Waals surface area contributed by atoms with Crippen molar-refractivity contribution in [2.45, 2.75) is 13.8 Å². The minimum Gasteiger partial charge on any atom is -0.276 e. The summed E-state index contributed by atoms with van der Waals surface area (Å²) in [4.78, 5) is 14.7. The topological polar surface area (TPSA) is 30.0 Å². The van der Waals surface area contributed by atoms with Crippen molar-refractivity contribution in [2.24, 2.45) is 0 Å². The number of halogens is 1. The monoisotopic (exact) mass is 169 g/mol. The fourth-order valence-electron chi connectivity index (χ4n) is 0.902. The lowest BCUT2D eigenvalue weighted by Crippen LogP contribution is -1.95. The lowest BCUT2D eigenvalue weighted by molar-refractivity contribution is 0.108. The number of hydrogen-bond acceptors (Lipinski definition) is 2. The second-order valence-electron chi connectivity index (χ2n) is 2.41. The van der Waals surface area contributed by atoms with Crippen LogP contribution in [0.2, 0.25) is 0 Å². The van der Waals surface area contributed by atoms with Gasteiger partial charge in [0.2, 0.25) is 0 Å². The van der Waals surface area contributed by atoms with Crippen LogP contribution in [0.4, 0.5) is 0 Å². The fourth-order valence-corrected chi connectivity index (χ4v) is 1.10. The molecule has 0 spiro atoms. The van der Waals surface area contributed by atoms with E-state index in [-0.39, 0.29) is 0 Å². The highest BCUT2D eigenvalue weighted by Gasteiger charge is 2.05. The molecule has 0 bridgehead atoms. The second-order valence-corrected chi connectivity index (χ2v) is 2.76. The zero-order chi connectivity index (χ0) is 8.43. The Kier molecular flexibility index (Phi) is 2.25. The summed E-state index contributed by atoms with van der Waals surface area (Å²) in [5, 5.41) is -0.449. The Morgan fingerprint density at radius 1 is 1.55 bits per heavy atom. The summed E-state index contributed by atoms with van der Waals surface area (Å²) >= 11 is 5.28. The fraction of sp³-hybridized carbons (Fsp3) is 0.250. The van der Waals surface area contributed by atoms with Gasteiger partial charge in [-0.25, -0.2) is 0 Å². The molecule has 0 unspecified atom stereocenters. The number of nitrogens with zero attached hydrogens (tertiary/aromatic N) is 1. The summed E-state index contributed by atoms with van der Waals surface area (Å²) in [5.74, 6) is 0. The van der Waals surface area contributed by atoms with Crippen molar-refractivity contribution in [1.82, 2.24) is 4.98 Å². The van der Waals surface area contributed by atoms with Crippen molar-refractivity contribution in [2.75, 3.05) is 0 Å². The third-order valence-electron chi connectivity index (χ3n) is 1.46. The molecule has 0 aliphatic rings. The van der Waals surface area contributed by atoms with E-state index in [0.717, 1.165) is 11.3 Å². The number of carbonyl (C=O) groups is 1. The summed E-state index contributed by atoms with van der Waals surface area (Å²) in [7, 11) is 0. The maximum atomic E-state index is 10.7. The summed E-state index contributed by atoms with van der Waals surface area (Å²) in [5.41, 5.74) is 2.25. The summed E-state index contributed by atoms with van der Waals surface area (Å²) < 4.78 is 0. The van der Waals surface area contributed by atoms with E-state index in [2.05, 4.69) is 4.98 Å². The highest BCUT2D eigenvalue weighted by atomic mass is 35.5. The molecular weight excluding hydrogens is 162 g/mol. The molecule has 3 heteroatoms. The molecule has 0 amide bonds. The van der Waals surface area contributed by atoms with Gasteiger partial charge in [-0.05, 0) is 37.1 Å². The Morgan fingerprint density at radius 3 is 2.64 bits per heavy atom. The predicted molar refractivity (Wildman–Crippen MR) is 43.9 cm³/mol. The van der Waals surface area contributed by atoms with E-state index < -0.39 is 5.24 Å². The molecule has 2 nitrogen and oxygen atoms in total. The zero-order valence-corrected chi connectivity index (χ0v) is 7.14. The minimum atomic E-state index is -0.449. The lowest BCUT2D eigenvalue weighted by atomic mass is 10.1. The molecule has 0 aliphatic heterocycles. The SMILES string of the molecule is Cc1cc(C)c(C(=O)Cl)cn1. The lowest BCUT2D eigenvalue weighted by Gasteiger charge is -1.99. The third kappa shape index (κ3) is 1.77. The van der Waals surface area contributed by atoms with E-state index in [0.29, 0.717) is 5.56 Å². The van der Waals surface area contributed by atoms with E-state index in [1.807, 2.05) is 19.9 Å². The molecule has 0 N–H and O–H groups in total. The number of aromatic nitrogens is 1. The molecule has 0 radical (unpaired) electrons. The van der Waals surface area contributed by atoms with Gasteiger partial charge in [-0.15, -0.1) is 0 Å². The van der Waals surface area contributed by atoms with Gasteiger partial charge in [0.15, 0.2) is 0 Å². The molecule has 1 rings (SSSR count). The molecule has 0 saturated heterocycles. The van der Waals surface area contributed by atoms with E-state index in [9.17, 15) is 4.79 Å². The number of carbonyl (C=O) groups excluding carboxylic acids is 1. The van der Waals surface area contributed by atoms with Gasteiger partial charge in [-0.2, -0.15) is 0 Å². The molecule has 0 aliphatic carbocycles. The standard InChI is InChI=1S/C8H8ClNO/c1-5-3-6(2)10-4-7(5)8(9)11/h3-4H,1-2H3. The number of pyridine rings is 1. The van der Waals surface area contributed by atoms with Crippen molar-refractivity contribution >= 4 is 16.8 Å². The first-order valence-corrected chi connectivity index (χ1v) is 3.62. The average Bonchev–Trinajstić information content (AvgIpc) is 1.85. The minimum absolute atomic E-state index is 0.449. The van der Waals surface area contributed by atoms with E-state index in [1.165, 1.54) is 6.20 Å². The van der Waals surface area contributed by atoms with Crippen molar-refractivity contribution in [3.63, 3.8) is 0 Å². The van der Waals surface area contributed by atoms with Gasteiger partial charge in [0.05, 0.1) is 5.56 Å².